The van der Waals surface area contributed by atoms with Crippen LogP contribution in [0.1, 0.15) is 25.7 Å². The Morgan fingerprint density at radius 2 is 2.27 bits per heavy atom. The first kappa shape index (κ1) is 12.5. The van der Waals surface area contributed by atoms with E-state index in [-0.39, 0.29) is 6.54 Å². The number of likely N-dealkylation sites (tertiary alicyclic amines) is 1. The molecule has 0 saturated carbocycles. The maximum Gasteiger partial charge on any atom is 0.317 e. The molecule has 15 heavy (non-hydrogen) atoms. The van der Waals surface area contributed by atoms with Crippen molar-refractivity contribution in [2.75, 3.05) is 33.7 Å². The van der Waals surface area contributed by atoms with Gasteiger partial charge in [-0.15, -0.1) is 0 Å². The molecule has 1 atom stereocenters. The number of carboxylic acid groups (broad SMARTS) is 1. The van der Waals surface area contributed by atoms with Gasteiger partial charge in [0.25, 0.3) is 0 Å². The summed E-state index contributed by atoms with van der Waals surface area (Å²) in [4.78, 5) is 14.8. The molecular formula is C11H22N2O2. The molecule has 0 spiro atoms. The van der Waals surface area contributed by atoms with E-state index in [4.69, 9.17) is 5.11 Å². The van der Waals surface area contributed by atoms with Crippen molar-refractivity contribution in [1.82, 2.24) is 9.80 Å². The molecule has 1 N–H and O–H groups in total. The first-order chi connectivity index (χ1) is 7.09. The topological polar surface area (TPSA) is 43.8 Å². The Bertz CT molecular complexity index is 209. The molecule has 0 amide bonds. The first-order valence-electron chi connectivity index (χ1n) is 5.70. The zero-order valence-electron chi connectivity index (χ0n) is 9.78. The fourth-order valence-corrected chi connectivity index (χ4v) is 2.19. The summed E-state index contributed by atoms with van der Waals surface area (Å²) in [6.45, 7) is 2.21. The van der Waals surface area contributed by atoms with Crippen molar-refractivity contribution in [3.8, 4) is 0 Å². The SMILES string of the molecule is CN(CCC1CCCCN1C)CC(=O)O. The quantitative estimate of drug-likeness (QED) is 0.738. The van der Waals surface area contributed by atoms with Crippen molar-refractivity contribution in [2.24, 2.45) is 0 Å². The Labute approximate surface area is 91.9 Å². The molecular weight excluding hydrogens is 192 g/mol. The van der Waals surface area contributed by atoms with Crippen LogP contribution in [0.15, 0.2) is 0 Å². The maximum absolute atomic E-state index is 10.5. The monoisotopic (exact) mass is 214 g/mol. The van der Waals surface area contributed by atoms with Crippen LogP contribution in [0.5, 0.6) is 0 Å². The molecule has 0 aromatic carbocycles. The molecule has 1 fully saturated rings. The highest BCUT2D eigenvalue weighted by Crippen LogP contribution is 2.17. The lowest BCUT2D eigenvalue weighted by atomic mass is 10.00. The second-order valence-corrected chi connectivity index (χ2v) is 4.55. The smallest absolute Gasteiger partial charge is 0.317 e. The van der Waals surface area contributed by atoms with Gasteiger partial charge in [-0.1, -0.05) is 6.42 Å². The van der Waals surface area contributed by atoms with E-state index >= 15 is 0 Å². The number of piperidine rings is 1. The van der Waals surface area contributed by atoms with Gasteiger partial charge in [0.05, 0.1) is 6.54 Å². The highest BCUT2D eigenvalue weighted by molar-refractivity contribution is 5.68. The average Bonchev–Trinajstić information content (AvgIpc) is 2.15. The van der Waals surface area contributed by atoms with Gasteiger partial charge in [-0.3, -0.25) is 9.69 Å². The minimum atomic E-state index is -0.741. The third kappa shape index (κ3) is 4.62. The molecule has 0 bridgehead atoms. The molecule has 1 rings (SSSR count). The second-order valence-electron chi connectivity index (χ2n) is 4.55. The summed E-state index contributed by atoms with van der Waals surface area (Å²) in [5.41, 5.74) is 0. The summed E-state index contributed by atoms with van der Waals surface area (Å²) in [5, 5.41) is 8.62. The number of aliphatic carboxylic acids is 1. The number of rotatable bonds is 5. The molecule has 0 aromatic rings. The van der Waals surface area contributed by atoms with Gasteiger partial charge >= 0.3 is 5.97 Å². The van der Waals surface area contributed by atoms with Crippen LogP contribution in [0, 0.1) is 0 Å². The van der Waals surface area contributed by atoms with E-state index in [1.807, 2.05) is 11.9 Å². The summed E-state index contributed by atoms with van der Waals surface area (Å²) >= 11 is 0. The van der Waals surface area contributed by atoms with Crippen molar-refractivity contribution in [2.45, 2.75) is 31.7 Å². The van der Waals surface area contributed by atoms with Crippen LogP contribution in [0.25, 0.3) is 0 Å². The minimum Gasteiger partial charge on any atom is -0.480 e. The van der Waals surface area contributed by atoms with E-state index in [2.05, 4.69) is 11.9 Å². The lowest BCUT2D eigenvalue weighted by Gasteiger charge is -2.33. The van der Waals surface area contributed by atoms with Crippen LogP contribution in [0.4, 0.5) is 0 Å². The number of nitrogens with zero attached hydrogens (tertiary/aromatic N) is 2. The summed E-state index contributed by atoms with van der Waals surface area (Å²) in [5.74, 6) is -0.741. The lowest BCUT2D eigenvalue weighted by molar-refractivity contribution is -0.138. The van der Waals surface area contributed by atoms with Gasteiger partial charge < -0.3 is 10.0 Å². The minimum absolute atomic E-state index is 0.149. The zero-order valence-corrected chi connectivity index (χ0v) is 9.78. The summed E-state index contributed by atoms with van der Waals surface area (Å²) in [7, 11) is 4.04. The molecule has 1 aliphatic heterocycles. The van der Waals surface area contributed by atoms with Crippen molar-refractivity contribution in [1.29, 1.82) is 0 Å². The third-order valence-corrected chi connectivity index (χ3v) is 3.17. The van der Waals surface area contributed by atoms with Gasteiger partial charge in [0.1, 0.15) is 0 Å². The van der Waals surface area contributed by atoms with Crippen molar-refractivity contribution >= 4 is 5.97 Å². The molecule has 1 aliphatic rings. The molecule has 0 aromatic heterocycles. The standard InChI is InChI=1S/C11H22N2O2/c1-12(9-11(14)15)8-6-10-5-3-4-7-13(10)2/h10H,3-9H2,1-2H3,(H,14,15). The van der Waals surface area contributed by atoms with Crippen LogP contribution in [-0.2, 0) is 4.79 Å². The third-order valence-electron chi connectivity index (χ3n) is 3.17. The fraction of sp³-hybridized carbons (Fsp3) is 0.909. The first-order valence-corrected chi connectivity index (χ1v) is 5.70. The molecule has 1 saturated heterocycles. The van der Waals surface area contributed by atoms with Gasteiger partial charge in [0.15, 0.2) is 0 Å². The van der Waals surface area contributed by atoms with Crippen molar-refractivity contribution < 1.29 is 9.90 Å². The number of hydrogen-bond acceptors (Lipinski definition) is 3. The van der Waals surface area contributed by atoms with E-state index < -0.39 is 5.97 Å². The highest BCUT2D eigenvalue weighted by Gasteiger charge is 2.19. The largest absolute Gasteiger partial charge is 0.480 e. The second kappa shape index (κ2) is 6.08. The van der Waals surface area contributed by atoms with Crippen LogP contribution in [0.3, 0.4) is 0 Å². The Kier molecular flexibility index (Phi) is 5.05. The molecule has 1 heterocycles. The van der Waals surface area contributed by atoms with E-state index in [9.17, 15) is 4.79 Å². The lowest BCUT2D eigenvalue weighted by Crippen LogP contribution is -2.39. The van der Waals surface area contributed by atoms with E-state index in [0.29, 0.717) is 6.04 Å². The van der Waals surface area contributed by atoms with Gasteiger partial charge in [-0.05, 0) is 46.4 Å². The molecule has 4 nitrogen and oxygen atoms in total. The van der Waals surface area contributed by atoms with Crippen molar-refractivity contribution in [3.63, 3.8) is 0 Å². The van der Waals surface area contributed by atoms with E-state index in [0.717, 1.165) is 13.0 Å². The fourth-order valence-electron chi connectivity index (χ4n) is 2.19. The molecule has 88 valence electrons. The zero-order chi connectivity index (χ0) is 11.3. The predicted octanol–water partition coefficient (Wildman–Crippen LogP) is 0.877. The van der Waals surface area contributed by atoms with Crippen LogP contribution >= 0.6 is 0 Å². The number of hydrogen-bond donors (Lipinski definition) is 1. The number of likely N-dealkylation sites (N-methyl/N-ethyl adjacent to an activating group) is 1. The van der Waals surface area contributed by atoms with E-state index in [1.54, 1.807) is 0 Å². The predicted molar refractivity (Wildman–Crippen MR) is 60.0 cm³/mol. The molecule has 0 aliphatic carbocycles. The normalized spacial score (nSPS) is 23.3. The van der Waals surface area contributed by atoms with Gasteiger partial charge in [0.2, 0.25) is 0 Å². The average molecular weight is 214 g/mol. The molecule has 0 radical (unpaired) electrons. The molecule has 4 heteroatoms. The van der Waals surface area contributed by atoms with Gasteiger partial charge in [0, 0.05) is 6.04 Å². The van der Waals surface area contributed by atoms with Gasteiger partial charge in [-0.2, -0.15) is 0 Å². The maximum atomic E-state index is 10.5. The summed E-state index contributed by atoms with van der Waals surface area (Å²) < 4.78 is 0. The Hall–Kier alpha value is -0.610. The van der Waals surface area contributed by atoms with Crippen molar-refractivity contribution in [3.05, 3.63) is 0 Å². The van der Waals surface area contributed by atoms with Gasteiger partial charge in [-0.25, -0.2) is 0 Å². The highest BCUT2D eigenvalue weighted by atomic mass is 16.4. The summed E-state index contributed by atoms with van der Waals surface area (Å²) in [6.07, 6.45) is 4.97. The Morgan fingerprint density at radius 1 is 1.53 bits per heavy atom. The number of carbonyl (C=O) groups is 1. The van der Waals surface area contributed by atoms with E-state index in [1.165, 1.54) is 25.8 Å². The van der Waals surface area contributed by atoms with Crippen LogP contribution in [0.2, 0.25) is 0 Å². The van der Waals surface area contributed by atoms with Crippen LogP contribution in [-0.4, -0.2) is 60.6 Å². The summed E-state index contributed by atoms with van der Waals surface area (Å²) in [6, 6.07) is 0.648. The Morgan fingerprint density at radius 3 is 2.87 bits per heavy atom. The van der Waals surface area contributed by atoms with Crippen LogP contribution < -0.4 is 0 Å². The number of carboxylic acids is 1. The Balaban J connectivity index is 2.20. The molecule has 1 unspecified atom stereocenters.